The van der Waals surface area contributed by atoms with Gasteiger partial charge in [-0.25, -0.2) is 9.79 Å². The lowest BCUT2D eigenvalue weighted by Crippen LogP contribution is -2.39. The van der Waals surface area contributed by atoms with E-state index in [1.807, 2.05) is 0 Å². The summed E-state index contributed by atoms with van der Waals surface area (Å²) >= 11 is 10.6. The van der Waals surface area contributed by atoms with E-state index in [0.29, 0.717) is 36.9 Å². The van der Waals surface area contributed by atoms with Crippen molar-refractivity contribution in [2.24, 2.45) is 4.99 Å². The molecule has 1 atom stereocenters. The van der Waals surface area contributed by atoms with Gasteiger partial charge in [-0.3, -0.25) is 14.2 Å². The molecule has 0 bridgehead atoms. The van der Waals surface area contributed by atoms with Crippen molar-refractivity contribution in [1.82, 2.24) is 4.57 Å². The van der Waals surface area contributed by atoms with Crippen LogP contribution in [0.15, 0.2) is 68.0 Å². The standard InChI is InChI=1S/C24H18BrClN2O5S/c1-12-20(23(31)32-3)21(14-4-7-17(26)8-5-14)28-22(30)19(34-24(28)27-12)11-15-10-16(25)6-9-18(15)33-13(2)29/h4-11,21H,1-3H3. The first-order chi connectivity index (χ1) is 16.2. The summed E-state index contributed by atoms with van der Waals surface area (Å²) in [5.41, 5.74) is 1.62. The van der Waals surface area contributed by atoms with Crippen LogP contribution < -0.4 is 19.6 Å². The number of methoxy groups -OCH3 is 1. The Morgan fingerprint density at radius 2 is 1.91 bits per heavy atom. The fourth-order valence-corrected chi connectivity index (χ4v) is 5.22. The zero-order chi connectivity index (χ0) is 24.6. The molecule has 0 spiro atoms. The monoisotopic (exact) mass is 560 g/mol. The first-order valence-electron chi connectivity index (χ1n) is 10.0. The summed E-state index contributed by atoms with van der Waals surface area (Å²) in [7, 11) is 1.29. The molecule has 2 aromatic carbocycles. The molecule has 0 amide bonds. The van der Waals surface area contributed by atoms with Crippen LogP contribution in [0.5, 0.6) is 5.75 Å². The Morgan fingerprint density at radius 3 is 2.56 bits per heavy atom. The molecule has 2 heterocycles. The van der Waals surface area contributed by atoms with E-state index in [-0.39, 0.29) is 11.1 Å². The molecule has 0 radical (unpaired) electrons. The molecule has 1 aromatic heterocycles. The van der Waals surface area contributed by atoms with E-state index < -0.39 is 18.0 Å². The number of carbonyl (C=O) groups excluding carboxylic acids is 2. The van der Waals surface area contributed by atoms with E-state index in [9.17, 15) is 14.4 Å². The number of benzene rings is 2. The number of esters is 2. The Bertz CT molecular complexity index is 1520. The van der Waals surface area contributed by atoms with Gasteiger partial charge in [0.05, 0.1) is 29.0 Å². The van der Waals surface area contributed by atoms with Crippen molar-refractivity contribution < 1.29 is 19.1 Å². The predicted molar refractivity (Wildman–Crippen MR) is 133 cm³/mol. The number of thiazole rings is 1. The van der Waals surface area contributed by atoms with Gasteiger partial charge in [-0.15, -0.1) is 0 Å². The Kier molecular flexibility index (Phi) is 6.88. The second kappa shape index (κ2) is 9.69. The van der Waals surface area contributed by atoms with Crippen LogP contribution in [0, 0.1) is 0 Å². The molecule has 0 saturated carbocycles. The summed E-state index contributed by atoms with van der Waals surface area (Å²) in [5.74, 6) is -0.721. The molecule has 1 aliphatic rings. The van der Waals surface area contributed by atoms with Crippen LogP contribution in [0.3, 0.4) is 0 Å². The van der Waals surface area contributed by atoms with E-state index in [4.69, 9.17) is 21.1 Å². The maximum atomic E-state index is 13.6. The Hall–Kier alpha value is -3.01. The zero-order valence-electron chi connectivity index (χ0n) is 18.3. The lowest BCUT2D eigenvalue weighted by molar-refractivity contribution is -0.136. The number of fused-ring (bicyclic) bond motifs is 1. The zero-order valence-corrected chi connectivity index (χ0v) is 21.5. The first kappa shape index (κ1) is 24.1. The van der Waals surface area contributed by atoms with Gasteiger partial charge >= 0.3 is 11.9 Å². The van der Waals surface area contributed by atoms with E-state index in [1.165, 1.54) is 29.9 Å². The van der Waals surface area contributed by atoms with Crippen LogP contribution in [0.1, 0.15) is 31.0 Å². The maximum absolute atomic E-state index is 13.6. The number of carbonyl (C=O) groups is 2. The summed E-state index contributed by atoms with van der Waals surface area (Å²) in [6.45, 7) is 3.02. The van der Waals surface area contributed by atoms with Crippen LogP contribution >= 0.6 is 38.9 Å². The lowest BCUT2D eigenvalue weighted by atomic mass is 9.96. The fourth-order valence-electron chi connectivity index (χ4n) is 3.67. The minimum absolute atomic E-state index is 0.270. The second-order valence-electron chi connectivity index (χ2n) is 7.40. The normalized spacial score (nSPS) is 15.6. The van der Waals surface area contributed by atoms with Crippen LogP contribution in [0.25, 0.3) is 6.08 Å². The van der Waals surface area contributed by atoms with Crippen molar-refractivity contribution in [2.45, 2.75) is 19.9 Å². The SMILES string of the molecule is COC(=O)C1=C(C)N=c2sc(=Cc3cc(Br)ccc3OC(C)=O)c(=O)n2C1c1ccc(Cl)cc1. The van der Waals surface area contributed by atoms with Gasteiger partial charge in [0.2, 0.25) is 0 Å². The number of hydrogen-bond acceptors (Lipinski definition) is 7. The van der Waals surface area contributed by atoms with E-state index >= 15 is 0 Å². The molecule has 3 aromatic rings. The molecular formula is C24H18BrClN2O5S. The van der Waals surface area contributed by atoms with Gasteiger partial charge in [-0.1, -0.05) is 51.0 Å². The maximum Gasteiger partial charge on any atom is 0.338 e. The fraction of sp³-hybridized carbons (Fsp3) is 0.167. The average molecular weight is 562 g/mol. The molecule has 10 heteroatoms. The van der Waals surface area contributed by atoms with Gasteiger partial charge in [-0.05, 0) is 48.9 Å². The van der Waals surface area contributed by atoms with E-state index in [2.05, 4.69) is 20.9 Å². The van der Waals surface area contributed by atoms with Crippen molar-refractivity contribution in [3.63, 3.8) is 0 Å². The molecule has 0 N–H and O–H groups in total. The Morgan fingerprint density at radius 1 is 1.21 bits per heavy atom. The van der Waals surface area contributed by atoms with Crippen LogP contribution in [0.4, 0.5) is 0 Å². The molecule has 4 rings (SSSR count). The van der Waals surface area contributed by atoms with Gasteiger partial charge in [0.25, 0.3) is 5.56 Å². The molecule has 0 saturated heterocycles. The molecule has 174 valence electrons. The van der Waals surface area contributed by atoms with Crippen LogP contribution in [-0.4, -0.2) is 23.6 Å². The third-order valence-corrected chi connectivity index (χ3v) is 6.85. The minimum atomic E-state index is -0.737. The molecule has 34 heavy (non-hydrogen) atoms. The topological polar surface area (TPSA) is 87.0 Å². The summed E-state index contributed by atoms with van der Waals surface area (Å²) in [6.07, 6.45) is 1.64. The highest BCUT2D eigenvalue weighted by Crippen LogP contribution is 2.31. The summed E-state index contributed by atoms with van der Waals surface area (Å²) in [4.78, 5) is 42.8. The number of rotatable bonds is 4. The molecule has 7 nitrogen and oxygen atoms in total. The van der Waals surface area contributed by atoms with E-state index in [1.54, 1.807) is 55.5 Å². The molecule has 1 aliphatic heterocycles. The van der Waals surface area contributed by atoms with Crippen molar-refractivity contribution in [3.05, 3.63) is 94.0 Å². The molecule has 1 unspecified atom stereocenters. The van der Waals surface area contributed by atoms with Gasteiger partial charge in [-0.2, -0.15) is 0 Å². The van der Waals surface area contributed by atoms with Gasteiger partial charge in [0, 0.05) is 22.0 Å². The number of nitrogens with zero attached hydrogens (tertiary/aromatic N) is 2. The van der Waals surface area contributed by atoms with Crippen molar-refractivity contribution in [3.8, 4) is 5.75 Å². The third-order valence-electron chi connectivity index (χ3n) is 5.12. The smallest absolute Gasteiger partial charge is 0.338 e. The highest BCUT2D eigenvalue weighted by atomic mass is 79.9. The molecule has 0 aliphatic carbocycles. The van der Waals surface area contributed by atoms with Crippen molar-refractivity contribution in [1.29, 1.82) is 0 Å². The summed E-state index contributed by atoms with van der Waals surface area (Å²) in [6, 6.07) is 11.3. The number of halogens is 2. The Balaban J connectivity index is 1.97. The summed E-state index contributed by atoms with van der Waals surface area (Å²) < 4.78 is 12.9. The third kappa shape index (κ3) is 4.64. The number of ether oxygens (including phenoxy) is 2. The lowest BCUT2D eigenvalue weighted by Gasteiger charge is -2.24. The predicted octanol–water partition coefficient (Wildman–Crippen LogP) is 3.75. The van der Waals surface area contributed by atoms with Crippen molar-refractivity contribution in [2.75, 3.05) is 7.11 Å². The highest BCUT2D eigenvalue weighted by molar-refractivity contribution is 9.10. The summed E-state index contributed by atoms with van der Waals surface area (Å²) in [5, 5.41) is 0.532. The molecular weight excluding hydrogens is 544 g/mol. The minimum Gasteiger partial charge on any atom is -0.466 e. The van der Waals surface area contributed by atoms with Crippen molar-refractivity contribution >= 4 is 56.9 Å². The van der Waals surface area contributed by atoms with Crippen LogP contribution in [-0.2, 0) is 14.3 Å². The second-order valence-corrected chi connectivity index (χ2v) is 9.76. The number of allylic oxidation sites excluding steroid dienone is 1. The quantitative estimate of drug-likeness (QED) is 0.358. The first-order valence-corrected chi connectivity index (χ1v) is 12.0. The van der Waals surface area contributed by atoms with Crippen LogP contribution in [0.2, 0.25) is 5.02 Å². The van der Waals surface area contributed by atoms with Gasteiger partial charge < -0.3 is 9.47 Å². The molecule has 0 fully saturated rings. The van der Waals surface area contributed by atoms with Gasteiger partial charge in [0.1, 0.15) is 5.75 Å². The highest BCUT2D eigenvalue weighted by Gasteiger charge is 2.33. The number of hydrogen-bond donors (Lipinski definition) is 0. The van der Waals surface area contributed by atoms with E-state index in [0.717, 1.165) is 4.47 Å². The number of aromatic nitrogens is 1. The largest absolute Gasteiger partial charge is 0.466 e. The Labute approximate surface area is 211 Å². The van der Waals surface area contributed by atoms with Gasteiger partial charge in [0.15, 0.2) is 4.80 Å². The average Bonchev–Trinajstić information content (AvgIpc) is 3.09.